The lowest BCUT2D eigenvalue weighted by Crippen LogP contribution is -2.02. The second-order valence-electron chi connectivity index (χ2n) is 4.78. The average Bonchev–Trinajstić information content (AvgIpc) is 2.39. The van der Waals surface area contributed by atoms with Gasteiger partial charge in [-0.05, 0) is 67.8 Å². The fourth-order valence-corrected chi connectivity index (χ4v) is 2.39. The van der Waals surface area contributed by atoms with Gasteiger partial charge in [0.15, 0.2) is 0 Å². The van der Waals surface area contributed by atoms with E-state index in [0.717, 1.165) is 33.9 Å². The summed E-state index contributed by atoms with van der Waals surface area (Å²) in [5, 5.41) is 1.35. The van der Waals surface area contributed by atoms with E-state index in [9.17, 15) is 0 Å². The molecule has 0 unspecified atom stereocenters. The van der Waals surface area contributed by atoms with Crippen molar-refractivity contribution in [2.45, 2.75) is 20.3 Å². The molecule has 2 N–H and O–H groups in total. The molecule has 0 spiro atoms. The Morgan fingerprint density at radius 1 is 1.05 bits per heavy atom. The highest BCUT2D eigenvalue weighted by molar-refractivity contribution is 6.32. The van der Waals surface area contributed by atoms with Crippen molar-refractivity contribution in [3.63, 3.8) is 0 Å². The van der Waals surface area contributed by atoms with Gasteiger partial charge in [-0.15, -0.1) is 0 Å². The maximum atomic E-state index is 6.23. The van der Waals surface area contributed by atoms with Gasteiger partial charge in [0, 0.05) is 5.02 Å². The summed E-state index contributed by atoms with van der Waals surface area (Å²) < 4.78 is 5.84. The molecule has 0 saturated heterocycles. The predicted octanol–water partition coefficient (Wildman–Crippen LogP) is 4.90. The van der Waals surface area contributed by atoms with Gasteiger partial charge in [0.2, 0.25) is 0 Å². The highest BCUT2D eigenvalue weighted by atomic mass is 35.5. The molecule has 2 nitrogen and oxygen atoms in total. The van der Waals surface area contributed by atoms with Crippen LogP contribution in [0.1, 0.15) is 16.7 Å². The van der Waals surface area contributed by atoms with Crippen LogP contribution in [-0.2, 0) is 6.42 Å². The first-order valence-corrected chi connectivity index (χ1v) is 7.20. The third-order valence-corrected chi connectivity index (χ3v) is 3.96. The van der Waals surface area contributed by atoms with Gasteiger partial charge < -0.3 is 10.5 Å². The van der Waals surface area contributed by atoms with Gasteiger partial charge in [-0.1, -0.05) is 29.3 Å². The lowest BCUT2D eigenvalue weighted by Gasteiger charge is -2.11. The number of ether oxygens (including phenoxy) is 1. The van der Waals surface area contributed by atoms with Crippen LogP contribution in [0.3, 0.4) is 0 Å². The van der Waals surface area contributed by atoms with Gasteiger partial charge in [-0.3, -0.25) is 0 Å². The Kier molecular flexibility index (Phi) is 4.92. The molecule has 0 aliphatic heterocycles. The second-order valence-corrected chi connectivity index (χ2v) is 5.56. The Balaban J connectivity index is 2.26. The number of nitrogens with two attached hydrogens (primary N) is 1. The predicted molar refractivity (Wildman–Crippen MR) is 85.2 cm³/mol. The minimum absolute atomic E-state index is 0.584. The van der Waals surface area contributed by atoms with Crippen molar-refractivity contribution >= 4 is 23.2 Å². The van der Waals surface area contributed by atoms with Crippen molar-refractivity contribution < 1.29 is 4.74 Å². The van der Waals surface area contributed by atoms with Crippen LogP contribution in [0.2, 0.25) is 10.0 Å². The quantitative estimate of drug-likeness (QED) is 0.871. The van der Waals surface area contributed by atoms with Crippen molar-refractivity contribution in [1.29, 1.82) is 0 Å². The van der Waals surface area contributed by atoms with E-state index in [-0.39, 0.29) is 0 Å². The molecule has 2 aromatic rings. The van der Waals surface area contributed by atoms with Crippen LogP contribution in [0.5, 0.6) is 11.5 Å². The van der Waals surface area contributed by atoms with Gasteiger partial charge >= 0.3 is 0 Å². The Morgan fingerprint density at radius 3 is 2.25 bits per heavy atom. The number of rotatable bonds is 4. The number of aryl methyl sites for hydroxylation is 2. The van der Waals surface area contributed by atoms with Crippen LogP contribution in [0, 0.1) is 13.8 Å². The molecule has 2 rings (SSSR count). The molecule has 0 amide bonds. The van der Waals surface area contributed by atoms with Gasteiger partial charge in [0.05, 0.1) is 5.02 Å². The molecule has 0 heterocycles. The summed E-state index contributed by atoms with van der Waals surface area (Å²) in [5.74, 6) is 1.37. The summed E-state index contributed by atoms with van der Waals surface area (Å²) in [5.41, 5.74) is 8.61. The van der Waals surface area contributed by atoms with Crippen molar-refractivity contribution in [3.8, 4) is 11.5 Å². The van der Waals surface area contributed by atoms with E-state index in [2.05, 4.69) is 0 Å². The summed E-state index contributed by atoms with van der Waals surface area (Å²) >= 11 is 12.4. The molecule has 0 radical (unpaired) electrons. The first-order valence-electron chi connectivity index (χ1n) is 6.44. The molecule has 0 aliphatic carbocycles. The smallest absolute Gasteiger partial charge is 0.146 e. The Morgan fingerprint density at radius 2 is 1.70 bits per heavy atom. The molecule has 106 valence electrons. The number of halogens is 2. The minimum Gasteiger partial charge on any atom is -0.456 e. The zero-order valence-corrected chi connectivity index (χ0v) is 13.1. The number of benzene rings is 2. The minimum atomic E-state index is 0.584. The van der Waals surface area contributed by atoms with E-state index in [1.165, 1.54) is 0 Å². The average molecular weight is 310 g/mol. The van der Waals surface area contributed by atoms with Crippen molar-refractivity contribution in [3.05, 3.63) is 57.1 Å². The maximum Gasteiger partial charge on any atom is 0.146 e. The molecule has 0 atom stereocenters. The molecule has 2 aromatic carbocycles. The monoisotopic (exact) mass is 309 g/mol. The highest BCUT2D eigenvalue weighted by Gasteiger charge is 2.08. The van der Waals surface area contributed by atoms with Crippen molar-refractivity contribution in [2.24, 2.45) is 5.73 Å². The summed E-state index contributed by atoms with van der Waals surface area (Å²) in [6.07, 6.45) is 0.805. The zero-order valence-electron chi connectivity index (χ0n) is 11.5. The molecule has 0 aromatic heterocycles. The van der Waals surface area contributed by atoms with E-state index < -0.39 is 0 Å². The standard InChI is InChI=1S/C16H17Cl2NO/c1-10-7-13(8-11(2)16(10)18)20-15-4-3-12(5-6-19)9-14(15)17/h3-4,7-9H,5-6,19H2,1-2H3. The van der Waals surface area contributed by atoms with Crippen molar-refractivity contribution in [1.82, 2.24) is 0 Å². The number of hydrogen-bond donors (Lipinski definition) is 1. The molecule has 0 fully saturated rings. The maximum absolute atomic E-state index is 6.23. The third kappa shape index (κ3) is 3.45. The topological polar surface area (TPSA) is 35.2 Å². The molecule has 20 heavy (non-hydrogen) atoms. The van der Waals surface area contributed by atoms with Crippen LogP contribution in [-0.4, -0.2) is 6.54 Å². The van der Waals surface area contributed by atoms with Crippen LogP contribution < -0.4 is 10.5 Å². The SMILES string of the molecule is Cc1cc(Oc2ccc(CCN)cc2Cl)cc(C)c1Cl. The third-order valence-electron chi connectivity index (χ3n) is 3.07. The van der Waals surface area contributed by atoms with E-state index in [0.29, 0.717) is 17.3 Å². The van der Waals surface area contributed by atoms with Gasteiger partial charge in [-0.2, -0.15) is 0 Å². The molecular formula is C16H17Cl2NO. The first kappa shape index (κ1) is 15.2. The highest BCUT2D eigenvalue weighted by Crippen LogP contribution is 2.33. The molecule has 0 aliphatic rings. The number of hydrogen-bond acceptors (Lipinski definition) is 2. The largest absolute Gasteiger partial charge is 0.456 e. The Bertz CT molecular complexity index is 603. The van der Waals surface area contributed by atoms with Gasteiger partial charge in [0.1, 0.15) is 11.5 Å². The lowest BCUT2D eigenvalue weighted by atomic mass is 10.1. The van der Waals surface area contributed by atoms with Crippen LogP contribution in [0.4, 0.5) is 0 Å². The molecule has 4 heteroatoms. The summed E-state index contributed by atoms with van der Waals surface area (Å²) in [7, 11) is 0. The van der Waals surface area contributed by atoms with Gasteiger partial charge in [-0.25, -0.2) is 0 Å². The van der Waals surface area contributed by atoms with E-state index in [4.69, 9.17) is 33.7 Å². The lowest BCUT2D eigenvalue weighted by molar-refractivity contribution is 0.482. The van der Waals surface area contributed by atoms with Crippen molar-refractivity contribution in [2.75, 3.05) is 6.54 Å². The molecule has 0 saturated carbocycles. The zero-order chi connectivity index (χ0) is 14.7. The molecule has 0 bridgehead atoms. The van der Waals surface area contributed by atoms with Gasteiger partial charge in [0.25, 0.3) is 0 Å². The summed E-state index contributed by atoms with van der Waals surface area (Å²) in [6.45, 7) is 4.51. The van der Waals surface area contributed by atoms with Crippen LogP contribution in [0.25, 0.3) is 0 Å². The second kappa shape index (κ2) is 6.49. The Hall–Kier alpha value is -1.22. The van der Waals surface area contributed by atoms with Crippen LogP contribution in [0.15, 0.2) is 30.3 Å². The first-order chi connectivity index (χ1) is 9.51. The van der Waals surface area contributed by atoms with E-state index in [1.807, 2.05) is 44.2 Å². The summed E-state index contributed by atoms with van der Waals surface area (Å²) in [4.78, 5) is 0. The Labute approximate surface area is 129 Å². The van der Waals surface area contributed by atoms with E-state index in [1.54, 1.807) is 0 Å². The summed E-state index contributed by atoms with van der Waals surface area (Å²) in [6, 6.07) is 9.54. The van der Waals surface area contributed by atoms with Crippen LogP contribution >= 0.6 is 23.2 Å². The normalized spacial score (nSPS) is 10.7. The fraction of sp³-hybridized carbons (Fsp3) is 0.250. The molecular weight excluding hydrogens is 293 g/mol. The van der Waals surface area contributed by atoms with E-state index >= 15 is 0 Å². The fourth-order valence-electron chi connectivity index (χ4n) is 2.04.